The van der Waals surface area contributed by atoms with E-state index in [1.165, 1.54) is 0 Å². The number of nitrogens with zero attached hydrogens (tertiary/aromatic N) is 1. The number of amides is 1. The van der Waals surface area contributed by atoms with Crippen molar-refractivity contribution in [2.45, 2.75) is 38.6 Å². The summed E-state index contributed by atoms with van der Waals surface area (Å²) < 4.78 is 0. The molecule has 0 saturated heterocycles. The Morgan fingerprint density at radius 3 is 2.65 bits per heavy atom. The van der Waals surface area contributed by atoms with Crippen LogP contribution in [-0.4, -0.2) is 24.4 Å². The summed E-state index contributed by atoms with van der Waals surface area (Å²) in [4.78, 5) is 14.6. The minimum absolute atomic E-state index is 0.00484. The van der Waals surface area contributed by atoms with Crippen LogP contribution in [0.4, 0.5) is 0 Å². The zero-order chi connectivity index (χ0) is 14.8. The largest absolute Gasteiger partial charge is 0.338 e. The highest BCUT2D eigenvalue weighted by molar-refractivity contribution is 6.30. The van der Waals surface area contributed by atoms with Gasteiger partial charge in [-0.05, 0) is 37.5 Å². The Morgan fingerprint density at radius 1 is 1.45 bits per heavy atom. The lowest BCUT2D eigenvalue weighted by Crippen LogP contribution is -2.45. The minimum Gasteiger partial charge on any atom is -0.338 e. The van der Waals surface area contributed by atoms with Gasteiger partial charge in [-0.2, -0.15) is 0 Å². The molecule has 3 nitrogen and oxygen atoms in total. The van der Waals surface area contributed by atoms with Gasteiger partial charge in [-0.15, -0.1) is 0 Å². The average molecular weight is 295 g/mol. The summed E-state index contributed by atoms with van der Waals surface area (Å²) in [6, 6.07) is 7.69. The first kappa shape index (κ1) is 15.3. The van der Waals surface area contributed by atoms with Gasteiger partial charge in [-0.3, -0.25) is 4.79 Å². The predicted octanol–water partition coefficient (Wildman–Crippen LogP) is 3.38. The average Bonchev–Trinajstić information content (AvgIpc) is 2.95. The van der Waals surface area contributed by atoms with E-state index in [1.807, 2.05) is 43.1 Å². The van der Waals surface area contributed by atoms with Gasteiger partial charge in [0.1, 0.15) is 0 Å². The highest BCUT2D eigenvalue weighted by atomic mass is 35.5. The van der Waals surface area contributed by atoms with E-state index in [1.54, 1.807) is 0 Å². The van der Waals surface area contributed by atoms with Crippen LogP contribution in [0.5, 0.6) is 0 Å². The van der Waals surface area contributed by atoms with Crippen LogP contribution in [0.3, 0.4) is 0 Å². The predicted molar refractivity (Wildman–Crippen MR) is 82.6 cm³/mol. The van der Waals surface area contributed by atoms with Crippen LogP contribution >= 0.6 is 11.6 Å². The van der Waals surface area contributed by atoms with Gasteiger partial charge in [0.15, 0.2) is 0 Å². The molecule has 0 spiro atoms. The van der Waals surface area contributed by atoms with Crippen LogP contribution in [0, 0.1) is 5.41 Å². The Hall–Kier alpha value is -1.06. The van der Waals surface area contributed by atoms with Gasteiger partial charge in [0.2, 0.25) is 5.91 Å². The van der Waals surface area contributed by atoms with E-state index < -0.39 is 0 Å². The van der Waals surface area contributed by atoms with E-state index >= 15 is 0 Å². The summed E-state index contributed by atoms with van der Waals surface area (Å²) in [5, 5.41) is 0.699. The standard InChI is InChI=1S/C16H23ClN2O/c1-12(13-6-5-7-14(17)10-13)19(2)15(20)16(11-18)8-3-4-9-16/h5-7,10,12H,3-4,8-9,11,18H2,1-2H3. The van der Waals surface area contributed by atoms with Crippen molar-refractivity contribution in [3.8, 4) is 0 Å². The summed E-state index contributed by atoms with van der Waals surface area (Å²) in [6.07, 6.45) is 4.02. The van der Waals surface area contributed by atoms with Crippen LogP contribution < -0.4 is 5.73 Å². The van der Waals surface area contributed by atoms with Crippen molar-refractivity contribution in [3.63, 3.8) is 0 Å². The van der Waals surface area contributed by atoms with Gasteiger partial charge < -0.3 is 10.6 Å². The maximum absolute atomic E-state index is 12.8. The van der Waals surface area contributed by atoms with Crippen molar-refractivity contribution < 1.29 is 4.79 Å². The van der Waals surface area contributed by atoms with Gasteiger partial charge >= 0.3 is 0 Å². The fraction of sp³-hybridized carbons (Fsp3) is 0.562. The van der Waals surface area contributed by atoms with E-state index in [-0.39, 0.29) is 17.4 Å². The van der Waals surface area contributed by atoms with Crippen molar-refractivity contribution in [1.82, 2.24) is 4.90 Å². The highest BCUT2D eigenvalue weighted by Gasteiger charge is 2.42. The Kier molecular flexibility index (Phi) is 4.71. The maximum atomic E-state index is 12.8. The van der Waals surface area contributed by atoms with E-state index in [0.717, 1.165) is 31.2 Å². The lowest BCUT2D eigenvalue weighted by atomic mass is 9.84. The Bertz CT molecular complexity index is 483. The first-order valence-electron chi connectivity index (χ1n) is 7.23. The maximum Gasteiger partial charge on any atom is 0.230 e. The van der Waals surface area contributed by atoms with Crippen molar-refractivity contribution in [2.75, 3.05) is 13.6 Å². The monoisotopic (exact) mass is 294 g/mol. The second kappa shape index (κ2) is 6.15. The van der Waals surface area contributed by atoms with Crippen molar-refractivity contribution in [3.05, 3.63) is 34.9 Å². The van der Waals surface area contributed by atoms with Crippen molar-refractivity contribution >= 4 is 17.5 Å². The van der Waals surface area contributed by atoms with Crippen LogP contribution in [0.1, 0.15) is 44.2 Å². The van der Waals surface area contributed by atoms with E-state index in [0.29, 0.717) is 11.6 Å². The van der Waals surface area contributed by atoms with Gasteiger partial charge in [0.05, 0.1) is 11.5 Å². The molecule has 1 saturated carbocycles. The molecule has 0 radical (unpaired) electrons. The number of hydrogen-bond acceptors (Lipinski definition) is 2. The van der Waals surface area contributed by atoms with Crippen molar-refractivity contribution in [2.24, 2.45) is 11.1 Å². The topological polar surface area (TPSA) is 46.3 Å². The highest BCUT2D eigenvalue weighted by Crippen LogP contribution is 2.40. The normalized spacial score (nSPS) is 18.8. The van der Waals surface area contributed by atoms with Crippen molar-refractivity contribution in [1.29, 1.82) is 0 Å². The van der Waals surface area contributed by atoms with Crippen LogP contribution in [0.15, 0.2) is 24.3 Å². The lowest BCUT2D eigenvalue weighted by Gasteiger charge is -2.35. The molecule has 1 aromatic rings. The number of nitrogens with two attached hydrogens (primary N) is 1. The molecular formula is C16H23ClN2O. The molecule has 110 valence electrons. The molecule has 4 heteroatoms. The Morgan fingerprint density at radius 2 is 2.10 bits per heavy atom. The number of rotatable bonds is 4. The third-order valence-corrected chi connectivity index (χ3v) is 4.87. The smallest absolute Gasteiger partial charge is 0.230 e. The molecule has 0 bridgehead atoms. The van der Waals surface area contributed by atoms with E-state index in [2.05, 4.69) is 0 Å². The number of hydrogen-bond donors (Lipinski definition) is 1. The number of carbonyl (C=O) groups is 1. The summed E-state index contributed by atoms with van der Waals surface area (Å²) in [5.74, 6) is 0.171. The zero-order valence-corrected chi connectivity index (χ0v) is 13.0. The molecule has 1 fully saturated rings. The molecule has 1 atom stereocenters. The summed E-state index contributed by atoms with van der Waals surface area (Å²) in [6.45, 7) is 2.47. The second-order valence-corrected chi connectivity index (χ2v) is 6.28. The summed E-state index contributed by atoms with van der Waals surface area (Å²) in [5.41, 5.74) is 6.61. The summed E-state index contributed by atoms with van der Waals surface area (Å²) in [7, 11) is 1.86. The lowest BCUT2D eigenvalue weighted by molar-refractivity contribution is -0.142. The third-order valence-electron chi connectivity index (χ3n) is 4.64. The Labute approximate surface area is 126 Å². The van der Waals surface area contributed by atoms with Gasteiger partial charge in [0, 0.05) is 18.6 Å². The fourth-order valence-electron chi connectivity index (χ4n) is 3.10. The molecule has 1 amide bonds. The minimum atomic E-state index is -0.346. The second-order valence-electron chi connectivity index (χ2n) is 5.84. The molecule has 2 rings (SSSR count). The zero-order valence-electron chi connectivity index (χ0n) is 12.2. The first-order valence-corrected chi connectivity index (χ1v) is 7.61. The molecule has 0 aromatic heterocycles. The van der Waals surface area contributed by atoms with E-state index in [9.17, 15) is 4.79 Å². The fourth-order valence-corrected chi connectivity index (χ4v) is 3.30. The quantitative estimate of drug-likeness (QED) is 0.925. The number of halogens is 1. The Balaban J connectivity index is 2.17. The van der Waals surface area contributed by atoms with Gasteiger partial charge in [0.25, 0.3) is 0 Å². The molecular weight excluding hydrogens is 272 g/mol. The van der Waals surface area contributed by atoms with Crippen LogP contribution in [0.2, 0.25) is 5.02 Å². The molecule has 1 aliphatic rings. The van der Waals surface area contributed by atoms with Crippen LogP contribution in [-0.2, 0) is 4.79 Å². The van der Waals surface area contributed by atoms with Crippen LogP contribution in [0.25, 0.3) is 0 Å². The molecule has 1 aromatic carbocycles. The van der Waals surface area contributed by atoms with E-state index in [4.69, 9.17) is 17.3 Å². The first-order chi connectivity index (χ1) is 9.50. The molecule has 1 aliphatic carbocycles. The number of benzene rings is 1. The van der Waals surface area contributed by atoms with Gasteiger partial charge in [-0.25, -0.2) is 0 Å². The molecule has 0 heterocycles. The molecule has 1 unspecified atom stereocenters. The SMILES string of the molecule is CC(c1cccc(Cl)c1)N(C)C(=O)C1(CN)CCCC1. The summed E-state index contributed by atoms with van der Waals surface area (Å²) >= 11 is 6.03. The molecule has 20 heavy (non-hydrogen) atoms. The molecule has 2 N–H and O–H groups in total. The van der Waals surface area contributed by atoms with Gasteiger partial charge in [-0.1, -0.05) is 36.6 Å². The third kappa shape index (κ3) is 2.84. The number of carbonyl (C=O) groups excluding carboxylic acids is 1. The molecule has 0 aliphatic heterocycles.